The molecule has 0 amide bonds. The zero-order chi connectivity index (χ0) is 12.8. The normalized spacial score (nSPS) is 18.6. The Hall–Kier alpha value is -0.770. The minimum atomic E-state index is 0.193. The maximum Gasteiger partial charge on any atom is 0.119 e. The molecular weight excluding hydrogens is 250 g/mol. The summed E-state index contributed by atoms with van der Waals surface area (Å²) in [4.78, 5) is 0. The van der Waals surface area contributed by atoms with Gasteiger partial charge in [0.2, 0.25) is 0 Å². The Labute approximate surface area is 113 Å². The number of rotatable bonds is 5. The van der Waals surface area contributed by atoms with Gasteiger partial charge in [-0.3, -0.25) is 0 Å². The van der Waals surface area contributed by atoms with Crippen molar-refractivity contribution < 1.29 is 9.84 Å². The Morgan fingerprint density at radius 3 is 2.56 bits per heavy atom. The van der Waals surface area contributed by atoms with Crippen molar-refractivity contribution in [3.8, 4) is 5.75 Å². The molecule has 3 nitrogen and oxygen atoms in total. The Morgan fingerprint density at radius 1 is 1.28 bits per heavy atom. The van der Waals surface area contributed by atoms with E-state index in [0.717, 1.165) is 31.7 Å². The van der Waals surface area contributed by atoms with Gasteiger partial charge in [0.15, 0.2) is 0 Å². The average molecular weight is 270 g/mol. The Bertz CT molecular complexity index is 349. The van der Waals surface area contributed by atoms with Gasteiger partial charge in [-0.05, 0) is 56.1 Å². The van der Waals surface area contributed by atoms with Crippen molar-refractivity contribution in [3.05, 3.63) is 29.3 Å². The van der Waals surface area contributed by atoms with Gasteiger partial charge in [0, 0.05) is 17.5 Å². The van der Waals surface area contributed by atoms with Crippen LogP contribution in [0.3, 0.4) is 0 Å². The summed E-state index contributed by atoms with van der Waals surface area (Å²) in [5, 5.41) is 13.5. The first-order chi connectivity index (χ1) is 8.79. The van der Waals surface area contributed by atoms with Crippen molar-refractivity contribution in [1.82, 2.24) is 5.32 Å². The third-order valence-electron chi connectivity index (χ3n) is 3.56. The first kappa shape index (κ1) is 13.7. The molecule has 1 aromatic carbocycles. The lowest BCUT2D eigenvalue weighted by atomic mass is 9.86. The third-order valence-corrected chi connectivity index (χ3v) is 3.81. The molecule has 18 heavy (non-hydrogen) atoms. The summed E-state index contributed by atoms with van der Waals surface area (Å²) in [5.41, 5.74) is 0. The smallest absolute Gasteiger partial charge is 0.119 e. The number of halogens is 1. The fraction of sp³-hybridized carbons (Fsp3) is 0.571. The maximum atomic E-state index is 9.48. The number of aliphatic hydroxyl groups excluding tert-OH is 1. The second kappa shape index (κ2) is 6.98. The molecule has 0 radical (unpaired) electrons. The number of benzene rings is 1. The monoisotopic (exact) mass is 269 g/mol. The van der Waals surface area contributed by atoms with E-state index in [9.17, 15) is 5.11 Å². The largest absolute Gasteiger partial charge is 0.493 e. The molecule has 1 aliphatic heterocycles. The van der Waals surface area contributed by atoms with E-state index in [0.29, 0.717) is 17.5 Å². The van der Waals surface area contributed by atoms with E-state index < -0.39 is 0 Å². The van der Waals surface area contributed by atoms with Crippen LogP contribution >= 0.6 is 11.6 Å². The Balaban J connectivity index is 1.84. The van der Waals surface area contributed by atoms with Crippen molar-refractivity contribution >= 4 is 11.6 Å². The molecule has 0 aromatic heterocycles. The second-order valence-corrected chi connectivity index (χ2v) is 5.23. The van der Waals surface area contributed by atoms with Crippen molar-refractivity contribution in [2.75, 3.05) is 26.3 Å². The van der Waals surface area contributed by atoms with Gasteiger partial charge in [-0.2, -0.15) is 0 Å². The van der Waals surface area contributed by atoms with Crippen LogP contribution in [0, 0.1) is 11.8 Å². The van der Waals surface area contributed by atoms with Crippen LogP contribution in [0.2, 0.25) is 5.02 Å². The molecule has 4 heteroatoms. The molecule has 100 valence electrons. The molecule has 2 rings (SSSR count). The lowest BCUT2D eigenvalue weighted by Gasteiger charge is -2.29. The molecule has 1 unspecified atom stereocenters. The molecule has 1 aliphatic rings. The van der Waals surface area contributed by atoms with Crippen LogP contribution in [0.15, 0.2) is 24.3 Å². The zero-order valence-electron chi connectivity index (χ0n) is 10.4. The summed E-state index contributed by atoms with van der Waals surface area (Å²) in [5.74, 6) is 1.60. The third kappa shape index (κ3) is 3.87. The van der Waals surface area contributed by atoms with Crippen LogP contribution < -0.4 is 10.1 Å². The van der Waals surface area contributed by atoms with E-state index in [1.807, 2.05) is 24.3 Å². The summed E-state index contributed by atoms with van der Waals surface area (Å²) < 4.78 is 5.73. The summed E-state index contributed by atoms with van der Waals surface area (Å²) in [7, 11) is 0. The van der Waals surface area contributed by atoms with Gasteiger partial charge in [0.1, 0.15) is 5.75 Å². The SMILES string of the molecule is OCC(COc1ccc(Cl)cc1)C1CCNCC1. The molecule has 1 heterocycles. The lowest BCUT2D eigenvalue weighted by molar-refractivity contribution is 0.102. The molecule has 1 atom stereocenters. The van der Waals surface area contributed by atoms with Crippen LogP contribution in [-0.2, 0) is 0 Å². The predicted octanol–water partition coefficient (Wildman–Crippen LogP) is 2.33. The summed E-state index contributed by atoms with van der Waals surface area (Å²) >= 11 is 5.82. The highest BCUT2D eigenvalue weighted by Crippen LogP contribution is 2.23. The minimum Gasteiger partial charge on any atom is -0.493 e. The van der Waals surface area contributed by atoms with Crippen molar-refractivity contribution in [3.63, 3.8) is 0 Å². The van der Waals surface area contributed by atoms with Gasteiger partial charge in [-0.25, -0.2) is 0 Å². The Morgan fingerprint density at radius 2 is 1.94 bits per heavy atom. The van der Waals surface area contributed by atoms with E-state index in [2.05, 4.69) is 5.32 Å². The van der Waals surface area contributed by atoms with Crippen molar-refractivity contribution in [1.29, 1.82) is 0 Å². The van der Waals surface area contributed by atoms with E-state index in [-0.39, 0.29) is 12.5 Å². The minimum absolute atomic E-state index is 0.193. The molecule has 0 spiro atoms. The van der Waals surface area contributed by atoms with E-state index in [1.165, 1.54) is 0 Å². The van der Waals surface area contributed by atoms with Gasteiger partial charge in [0.25, 0.3) is 0 Å². The number of nitrogens with one attached hydrogen (secondary N) is 1. The van der Waals surface area contributed by atoms with Crippen LogP contribution in [-0.4, -0.2) is 31.4 Å². The van der Waals surface area contributed by atoms with Crippen LogP contribution in [0.25, 0.3) is 0 Å². The Kier molecular flexibility index (Phi) is 5.29. The number of ether oxygens (including phenoxy) is 1. The van der Waals surface area contributed by atoms with Gasteiger partial charge < -0.3 is 15.2 Å². The van der Waals surface area contributed by atoms with E-state index >= 15 is 0 Å². The molecular formula is C14H20ClNO2. The van der Waals surface area contributed by atoms with Gasteiger partial charge in [-0.15, -0.1) is 0 Å². The topological polar surface area (TPSA) is 41.5 Å². The average Bonchev–Trinajstić information content (AvgIpc) is 2.43. The van der Waals surface area contributed by atoms with Crippen LogP contribution in [0.4, 0.5) is 0 Å². The van der Waals surface area contributed by atoms with Gasteiger partial charge in [-0.1, -0.05) is 11.6 Å². The molecule has 0 bridgehead atoms. The van der Waals surface area contributed by atoms with Gasteiger partial charge in [0.05, 0.1) is 6.61 Å². The predicted molar refractivity (Wildman–Crippen MR) is 73.1 cm³/mol. The van der Waals surface area contributed by atoms with Crippen LogP contribution in [0.1, 0.15) is 12.8 Å². The standard InChI is InChI=1S/C14H20ClNO2/c15-13-1-3-14(4-2-13)18-10-12(9-17)11-5-7-16-8-6-11/h1-4,11-12,16-17H,5-10H2. The fourth-order valence-electron chi connectivity index (χ4n) is 2.39. The fourth-order valence-corrected chi connectivity index (χ4v) is 2.51. The van der Waals surface area contributed by atoms with Crippen molar-refractivity contribution in [2.24, 2.45) is 11.8 Å². The molecule has 1 aromatic rings. The van der Waals surface area contributed by atoms with E-state index in [1.54, 1.807) is 0 Å². The highest BCUT2D eigenvalue weighted by molar-refractivity contribution is 6.30. The molecule has 1 saturated heterocycles. The molecule has 2 N–H and O–H groups in total. The number of piperidine rings is 1. The summed E-state index contributed by atoms with van der Waals surface area (Å²) in [6.45, 7) is 2.85. The lowest BCUT2D eigenvalue weighted by Crippen LogP contribution is -2.35. The highest BCUT2D eigenvalue weighted by Gasteiger charge is 2.23. The first-order valence-corrected chi connectivity index (χ1v) is 6.87. The quantitative estimate of drug-likeness (QED) is 0.862. The zero-order valence-corrected chi connectivity index (χ0v) is 11.2. The number of hydrogen-bond acceptors (Lipinski definition) is 3. The van der Waals surface area contributed by atoms with Crippen LogP contribution in [0.5, 0.6) is 5.75 Å². The molecule has 0 aliphatic carbocycles. The summed E-state index contributed by atoms with van der Waals surface area (Å²) in [6, 6.07) is 7.35. The first-order valence-electron chi connectivity index (χ1n) is 6.49. The number of aliphatic hydroxyl groups is 1. The van der Waals surface area contributed by atoms with Crippen molar-refractivity contribution in [2.45, 2.75) is 12.8 Å². The number of hydrogen-bond donors (Lipinski definition) is 2. The second-order valence-electron chi connectivity index (χ2n) is 4.80. The highest BCUT2D eigenvalue weighted by atomic mass is 35.5. The molecule has 0 saturated carbocycles. The van der Waals surface area contributed by atoms with Gasteiger partial charge >= 0.3 is 0 Å². The summed E-state index contributed by atoms with van der Waals surface area (Å²) in [6.07, 6.45) is 2.24. The maximum absolute atomic E-state index is 9.48. The van der Waals surface area contributed by atoms with E-state index in [4.69, 9.17) is 16.3 Å². The molecule has 1 fully saturated rings.